The zero-order valence-electron chi connectivity index (χ0n) is 11.1. The third-order valence-corrected chi connectivity index (χ3v) is 3.77. The Kier molecular flexibility index (Phi) is 2.56. The molecule has 0 spiro atoms. The van der Waals surface area contributed by atoms with Gasteiger partial charge in [0, 0.05) is 12.0 Å². The zero-order chi connectivity index (χ0) is 12.8. The highest BCUT2D eigenvalue weighted by atomic mass is 16.6. The van der Waals surface area contributed by atoms with Crippen molar-refractivity contribution in [2.75, 3.05) is 7.11 Å². The molecule has 1 atom stereocenters. The molecule has 1 fully saturated rings. The Morgan fingerprint density at radius 3 is 2.56 bits per heavy atom. The lowest BCUT2D eigenvalue weighted by Gasteiger charge is -2.11. The van der Waals surface area contributed by atoms with Crippen LogP contribution in [0.3, 0.4) is 0 Å². The Hall–Kier alpha value is -1.54. The molecule has 94 valence electrons. The molecule has 0 saturated carbocycles. The average molecular weight is 242 g/mol. The molecule has 1 heterocycles. The summed E-state index contributed by atoms with van der Waals surface area (Å²) in [6.07, 6.45) is 1.22. The van der Waals surface area contributed by atoms with E-state index in [1.54, 1.807) is 7.11 Å². The van der Waals surface area contributed by atoms with Crippen molar-refractivity contribution in [1.82, 2.24) is 0 Å². The van der Waals surface area contributed by atoms with Gasteiger partial charge in [-0.25, -0.2) is 0 Å². The average Bonchev–Trinajstić information content (AvgIpc) is 2.97. The fourth-order valence-electron chi connectivity index (χ4n) is 2.52. The number of hydrogen-bond acceptors (Lipinski definition) is 2. The molecule has 0 aromatic heterocycles. The van der Waals surface area contributed by atoms with Crippen LogP contribution in [0.1, 0.15) is 19.4 Å². The number of ether oxygens (including phenoxy) is 2. The monoisotopic (exact) mass is 242 g/mol. The Morgan fingerprint density at radius 1 is 1.17 bits per heavy atom. The maximum atomic E-state index is 5.70. The minimum absolute atomic E-state index is 0.0158. The second-order valence-electron chi connectivity index (χ2n) is 5.38. The fourth-order valence-corrected chi connectivity index (χ4v) is 2.52. The second kappa shape index (κ2) is 3.99. The topological polar surface area (TPSA) is 21.8 Å². The van der Waals surface area contributed by atoms with Crippen molar-refractivity contribution in [2.24, 2.45) is 0 Å². The highest BCUT2D eigenvalue weighted by molar-refractivity contribution is 5.87. The maximum absolute atomic E-state index is 5.70. The van der Waals surface area contributed by atoms with Crippen molar-refractivity contribution in [1.29, 1.82) is 0 Å². The molecule has 0 N–H and O–H groups in total. The normalized spacial score (nSPS) is 20.9. The van der Waals surface area contributed by atoms with Gasteiger partial charge in [0.15, 0.2) is 0 Å². The van der Waals surface area contributed by atoms with Crippen LogP contribution in [0, 0.1) is 0 Å². The van der Waals surface area contributed by atoms with Crippen molar-refractivity contribution >= 4 is 10.8 Å². The molecule has 2 aromatic rings. The molecule has 18 heavy (non-hydrogen) atoms. The first-order chi connectivity index (χ1) is 8.62. The van der Waals surface area contributed by atoms with E-state index in [0.717, 1.165) is 12.2 Å². The summed E-state index contributed by atoms with van der Waals surface area (Å²) >= 11 is 0. The first-order valence-corrected chi connectivity index (χ1v) is 6.34. The van der Waals surface area contributed by atoms with Crippen molar-refractivity contribution in [3.05, 3.63) is 42.0 Å². The number of epoxide rings is 1. The molecule has 1 saturated heterocycles. The molecule has 0 amide bonds. The quantitative estimate of drug-likeness (QED) is 0.767. The largest absolute Gasteiger partial charge is 0.496 e. The molecule has 2 aromatic carbocycles. The van der Waals surface area contributed by atoms with E-state index in [1.807, 2.05) is 6.07 Å². The maximum Gasteiger partial charge on any atom is 0.122 e. The van der Waals surface area contributed by atoms with Crippen LogP contribution in [0.5, 0.6) is 5.75 Å². The Labute approximate surface area is 108 Å². The Bertz CT molecular complexity index is 587. The van der Waals surface area contributed by atoms with Gasteiger partial charge in [-0.15, -0.1) is 0 Å². The molecule has 0 aliphatic carbocycles. The number of benzene rings is 2. The number of fused-ring (bicyclic) bond motifs is 1. The van der Waals surface area contributed by atoms with E-state index in [1.165, 1.54) is 16.3 Å². The second-order valence-corrected chi connectivity index (χ2v) is 5.38. The van der Waals surface area contributed by atoms with Crippen LogP contribution < -0.4 is 4.74 Å². The lowest BCUT2D eigenvalue weighted by molar-refractivity contribution is 0.322. The van der Waals surface area contributed by atoms with Gasteiger partial charge in [0.2, 0.25) is 0 Å². The predicted molar refractivity (Wildman–Crippen MR) is 73.2 cm³/mol. The van der Waals surface area contributed by atoms with Gasteiger partial charge in [-0.3, -0.25) is 0 Å². The lowest BCUT2D eigenvalue weighted by atomic mass is 9.96. The first kappa shape index (κ1) is 11.5. The van der Waals surface area contributed by atoms with E-state index in [-0.39, 0.29) is 5.60 Å². The van der Waals surface area contributed by atoms with Gasteiger partial charge in [-0.05, 0) is 30.7 Å². The summed E-state index contributed by atoms with van der Waals surface area (Å²) in [5.41, 5.74) is 1.27. The van der Waals surface area contributed by atoms with Crippen LogP contribution in [-0.2, 0) is 11.2 Å². The molecule has 2 nitrogen and oxygen atoms in total. The summed E-state index contributed by atoms with van der Waals surface area (Å²) in [6.45, 7) is 4.27. The van der Waals surface area contributed by atoms with Crippen molar-refractivity contribution in [3.63, 3.8) is 0 Å². The van der Waals surface area contributed by atoms with Crippen LogP contribution in [0.15, 0.2) is 36.4 Å². The lowest BCUT2D eigenvalue weighted by Crippen LogP contribution is -2.07. The third kappa shape index (κ3) is 1.87. The van der Waals surface area contributed by atoms with Crippen LogP contribution in [0.4, 0.5) is 0 Å². The Morgan fingerprint density at radius 2 is 1.89 bits per heavy atom. The van der Waals surface area contributed by atoms with Crippen LogP contribution >= 0.6 is 0 Å². The predicted octanol–water partition coefficient (Wildman–Crippen LogP) is 3.57. The summed E-state index contributed by atoms with van der Waals surface area (Å²) in [6, 6.07) is 12.6. The van der Waals surface area contributed by atoms with E-state index in [2.05, 4.69) is 44.2 Å². The van der Waals surface area contributed by atoms with Gasteiger partial charge in [0.05, 0.1) is 18.8 Å². The minimum atomic E-state index is 0.0158. The highest BCUT2D eigenvalue weighted by Crippen LogP contribution is 2.40. The van der Waals surface area contributed by atoms with Gasteiger partial charge in [-0.2, -0.15) is 0 Å². The highest BCUT2D eigenvalue weighted by Gasteiger charge is 2.47. The SMILES string of the molecule is COc1ccc2ccccc2c1CC1OC1(C)C. The summed E-state index contributed by atoms with van der Waals surface area (Å²) in [5, 5.41) is 2.52. The smallest absolute Gasteiger partial charge is 0.122 e. The molecule has 2 heteroatoms. The van der Waals surface area contributed by atoms with Gasteiger partial charge in [0.1, 0.15) is 5.75 Å². The van der Waals surface area contributed by atoms with E-state index < -0.39 is 0 Å². The van der Waals surface area contributed by atoms with E-state index in [9.17, 15) is 0 Å². The van der Waals surface area contributed by atoms with Gasteiger partial charge in [-0.1, -0.05) is 30.3 Å². The van der Waals surface area contributed by atoms with Crippen LogP contribution in [0.2, 0.25) is 0 Å². The van der Waals surface area contributed by atoms with Gasteiger partial charge < -0.3 is 9.47 Å². The fraction of sp³-hybridized carbons (Fsp3) is 0.375. The van der Waals surface area contributed by atoms with Crippen LogP contribution in [0.25, 0.3) is 10.8 Å². The molecule has 0 radical (unpaired) electrons. The summed E-state index contributed by atoms with van der Waals surface area (Å²) in [7, 11) is 1.73. The first-order valence-electron chi connectivity index (χ1n) is 6.34. The molecule has 1 unspecified atom stereocenters. The van der Waals surface area contributed by atoms with Crippen molar-refractivity contribution in [3.8, 4) is 5.75 Å². The Balaban J connectivity index is 2.07. The van der Waals surface area contributed by atoms with Crippen molar-refractivity contribution < 1.29 is 9.47 Å². The molecule has 0 bridgehead atoms. The number of rotatable bonds is 3. The van der Waals surface area contributed by atoms with Crippen LogP contribution in [-0.4, -0.2) is 18.8 Å². The molecule has 1 aliphatic heterocycles. The molecular formula is C16H18O2. The van der Waals surface area contributed by atoms with Gasteiger partial charge in [0.25, 0.3) is 0 Å². The summed E-state index contributed by atoms with van der Waals surface area (Å²) in [5.74, 6) is 0.958. The van der Waals surface area contributed by atoms with E-state index >= 15 is 0 Å². The van der Waals surface area contributed by atoms with Crippen molar-refractivity contribution in [2.45, 2.75) is 32.0 Å². The summed E-state index contributed by atoms with van der Waals surface area (Å²) < 4.78 is 11.2. The van der Waals surface area contributed by atoms with E-state index in [0.29, 0.717) is 6.10 Å². The minimum Gasteiger partial charge on any atom is -0.496 e. The molecular weight excluding hydrogens is 224 g/mol. The molecule has 1 aliphatic rings. The number of methoxy groups -OCH3 is 1. The van der Waals surface area contributed by atoms with E-state index in [4.69, 9.17) is 9.47 Å². The zero-order valence-corrected chi connectivity index (χ0v) is 11.1. The third-order valence-electron chi connectivity index (χ3n) is 3.77. The summed E-state index contributed by atoms with van der Waals surface area (Å²) in [4.78, 5) is 0. The standard InChI is InChI=1S/C16H18O2/c1-16(2)15(18-16)10-13-12-7-5-4-6-11(12)8-9-14(13)17-3/h4-9,15H,10H2,1-3H3. The number of hydrogen-bond donors (Lipinski definition) is 0. The van der Waals surface area contributed by atoms with Gasteiger partial charge >= 0.3 is 0 Å². The molecule has 3 rings (SSSR count).